The van der Waals surface area contributed by atoms with Crippen LogP contribution < -0.4 is 10.1 Å². The van der Waals surface area contributed by atoms with Gasteiger partial charge in [0.1, 0.15) is 5.75 Å². The minimum absolute atomic E-state index is 0.00524. The van der Waals surface area contributed by atoms with Crippen LogP contribution in [0, 0.1) is 5.92 Å². The van der Waals surface area contributed by atoms with Crippen molar-refractivity contribution in [1.29, 1.82) is 0 Å². The number of nitrogens with one attached hydrogen (secondary N) is 1. The molecule has 1 aromatic rings. The number of ketones is 1. The minimum Gasteiger partial charge on any atom is -0.491 e. The van der Waals surface area contributed by atoms with Gasteiger partial charge in [-0.1, -0.05) is 37.0 Å². The van der Waals surface area contributed by atoms with Gasteiger partial charge in [0.05, 0.1) is 23.2 Å². The third-order valence-corrected chi connectivity index (χ3v) is 3.71. The van der Waals surface area contributed by atoms with Crippen LogP contribution >= 0.6 is 23.2 Å². The SMILES string of the molecule is CC(C)COc1c(Cl)cc(Cl)cc1C(=O)C1CCCN1. The summed E-state index contributed by atoms with van der Waals surface area (Å²) in [7, 11) is 0. The molecule has 20 heavy (non-hydrogen) atoms. The van der Waals surface area contributed by atoms with Crippen LogP contribution in [0.25, 0.3) is 0 Å². The van der Waals surface area contributed by atoms with Crippen LogP contribution in [0.3, 0.4) is 0 Å². The summed E-state index contributed by atoms with van der Waals surface area (Å²) >= 11 is 12.2. The van der Waals surface area contributed by atoms with Gasteiger partial charge in [0.2, 0.25) is 0 Å². The molecule has 1 aliphatic rings. The number of rotatable bonds is 5. The van der Waals surface area contributed by atoms with E-state index in [1.54, 1.807) is 12.1 Å². The molecule has 1 fully saturated rings. The lowest BCUT2D eigenvalue weighted by Gasteiger charge is -2.17. The van der Waals surface area contributed by atoms with Gasteiger partial charge >= 0.3 is 0 Å². The van der Waals surface area contributed by atoms with Gasteiger partial charge in [-0.05, 0) is 37.4 Å². The fraction of sp³-hybridized carbons (Fsp3) is 0.533. The summed E-state index contributed by atoms with van der Waals surface area (Å²) in [6, 6.07) is 3.09. The zero-order chi connectivity index (χ0) is 14.7. The minimum atomic E-state index is -0.161. The van der Waals surface area contributed by atoms with E-state index < -0.39 is 0 Å². The number of carbonyl (C=O) groups excluding carboxylic acids is 1. The summed E-state index contributed by atoms with van der Waals surface area (Å²) in [5.74, 6) is 0.809. The van der Waals surface area contributed by atoms with E-state index in [0.29, 0.717) is 33.9 Å². The second-order valence-electron chi connectivity index (χ2n) is 5.48. The first-order valence-corrected chi connectivity index (χ1v) is 7.64. The molecule has 110 valence electrons. The van der Waals surface area contributed by atoms with Crippen molar-refractivity contribution in [2.45, 2.75) is 32.7 Å². The molecular formula is C15H19Cl2NO2. The third-order valence-electron chi connectivity index (χ3n) is 3.21. The van der Waals surface area contributed by atoms with Crippen molar-refractivity contribution in [2.24, 2.45) is 5.92 Å². The lowest BCUT2D eigenvalue weighted by molar-refractivity contribution is 0.0947. The second-order valence-corrected chi connectivity index (χ2v) is 6.33. The Bertz CT molecular complexity index is 497. The maximum atomic E-state index is 12.6. The molecule has 2 rings (SSSR count). The molecule has 0 bridgehead atoms. The summed E-state index contributed by atoms with van der Waals surface area (Å²) in [5.41, 5.74) is 0.475. The van der Waals surface area contributed by atoms with Crippen LogP contribution in [0.2, 0.25) is 10.0 Å². The van der Waals surface area contributed by atoms with Crippen molar-refractivity contribution in [2.75, 3.05) is 13.2 Å². The molecular weight excluding hydrogens is 297 g/mol. The Morgan fingerprint density at radius 2 is 2.20 bits per heavy atom. The number of hydrogen-bond acceptors (Lipinski definition) is 3. The van der Waals surface area contributed by atoms with Crippen molar-refractivity contribution in [3.63, 3.8) is 0 Å². The summed E-state index contributed by atoms with van der Waals surface area (Å²) in [5, 5.41) is 4.04. The molecule has 0 aliphatic carbocycles. The number of halogens is 2. The molecule has 0 amide bonds. The van der Waals surface area contributed by atoms with Crippen LogP contribution in [-0.4, -0.2) is 25.0 Å². The van der Waals surface area contributed by atoms with Crippen molar-refractivity contribution in [3.8, 4) is 5.75 Å². The molecule has 1 aromatic carbocycles. The summed E-state index contributed by atoms with van der Waals surface area (Å²) in [6.45, 7) is 5.47. The highest BCUT2D eigenvalue weighted by Crippen LogP contribution is 2.34. The normalized spacial score (nSPS) is 18.6. The molecule has 0 spiro atoms. The summed E-state index contributed by atoms with van der Waals surface area (Å²) < 4.78 is 5.73. The Morgan fingerprint density at radius 3 is 2.80 bits per heavy atom. The zero-order valence-corrected chi connectivity index (χ0v) is 13.2. The van der Waals surface area contributed by atoms with E-state index >= 15 is 0 Å². The number of ether oxygens (including phenoxy) is 1. The van der Waals surface area contributed by atoms with Gasteiger partial charge < -0.3 is 10.1 Å². The molecule has 3 nitrogen and oxygen atoms in total. The first-order valence-electron chi connectivity index (χ1n) is 6.88. The fourth-order valence-corrected chi connectivity index (χ4v) is 2.78. The average molecular weight is 316 g/mol. The van der Waals surface area contributed by atoms with Crippen molar-refractivity contribution >= 4 is 29.0 Å². The Kier molecular flexibility index (Phi) is 5.30. The summed E-state index contributed by atoms with van der Waals surface area (Å²) in [6.07, 6.45) is 1.85. The van der Waals surface area contributed by atoms with Gasteiger partial charge in [0, 0.05) is 5.02 Å². The van der Waals surface area contributed by atoms with E-state index in [4.69, 9.17) is 27.9 Å². The van der Waals surface area contributed by atoms with Crippen LogP contribution in [0.15, 0.2) is 12.1 Å². The predicted octanol–water partition coefficient (Wildman–Crippen LogP) is 3.96. The second kappa shape index (κ2) is 6.79. The van der Waals surface area contributed by atoms with E-state index in [1.807, 2.05) is 13.8 Å². The van der Waals surface area contributed by atoms with E-state index in [-0.39, 0.29) is 11.8 Å². The van der Waals surface area contributed by atoms with Gasteiger partial charge in [-0.15, -0.1) is 0 Å². The molecule has 1 aliphatic heterocycles. The molecule has 0 radical (unpaired) electrons. The number of benzene rings is 1. The van der Waals surface area contributed by atoms with Crippen LogP contribution in [0.5, 0.6) is 5.75 Å². The highest BCUT2D eigenvalue weighted by Gasteiger charge is 2.27. The highest BCUT2D eigenvalue weighted by molar-refractivity contribution is 6.36. The molecule has 0 saturated carbocycles. The molecule has 5 heteroatoms. The smallest absolute Gasteiger partial charge is 0.183 e. The van der Waals surface area contributed by atoms with Crippen LogP contribution in [0.1, 0.15) is 37.0 Å². The standard InChI is InChI=1S/C15H19Cl2NO2/c1-9(2)8-20-15-11(6-10(16)7-12(15)17)14(19)13-4-3-5-18-13/h6-7,9,13,18H,3-5,8H2,1-2H3. The number of carbonyl (C=O) groups is 1. The molecule has 1 saturated heterocycles. The Morgan fingerprint density at radius 1 is 1.45 bits per heavy atom. The van der Waals surface area contributed by atoms with E-state index in [9.17, 15) is 4.79 Å². The molecule has 1 N–H and O–H groups in total. The van der Waals surface area contributed by atoms with E-state index in [2.05, 4.69) is 5.32 Å². The summed E-state index contributed by atoms with van der Waals surface area (Å²) in [4.78, 5) is 12.6. The van der Waals surface area contributed by atoms with Gasteiger partial charge in [-0.25, -0.2) is 0 Å². The molecule has 0 aromatic heterocycles. The Hall–Kier alpha value is -0.770. The first-order chi connectivity index (χ1) is 9.49. The van der Waals surface area contributed by atoms with E-state index in [1.165, 1.54) is 0 Å². The van der Waals surface area contributed by atoms with Crippen molar-refractivity contribution in [3.05, 3.63) is 27.7 Å². The van der Waals surface area contributed by atoms with Gasteiger partial charge in [0.25, 0.3) is 0 Å². The quantitative estimate of drug-likeness (QED) is 0.836. The Labute approximate surface area is 129 Å². The van der Waals surface area contributed by atoms with Crippen molar-refractivity contribution in [1.82, 2.24) is 5.32 Å². The van der Waals surface area contributed by atoms with Gasteiger partial charge in [-0.3, -0.25) is 4.79 Å². The number of hydrogen-bond donors (Lipinski definition) is 1. The first kappa shape index (κ1) is 15.6. The lowest BCUT2D eigenvalue weighted by Crippen LogP contribution is -2.31. The maximum absolute atomic E-state index is 12.6. The Balaban J connectivity index is 2.31. The van der Waals surface area contributed by atoms with Crippen molar-refractivity contribution < 1.29 is 9.53 Å². The molecule has 1 unspecified atom stereocenters. The monoisotopic (exact) mass is 315 g/mol. The zero-order valence-electron chi connectivity index (χ0n) is 11.7. The average Bonchev–Trinajstić information content (AvgIpc) is 2.89. The maximum Gasteiger partial charge on any atom is 0.183 e. The van der Waals surface area contributed by atoms with Gasteiger partial charge in [-0.2, -0.15) is 0 Å². The number of Topliss-reactive ketones (excluding diaryl/α,β-unsaturated/α-hetero) is 1. The molecule has 1 heterocycles. The predicted molar refractivity (Wildman–Crippen MR) is 82.2 cm³/mol. The fourth-order valence-electron chi connectivity index (χ4n) is 2.24. The van der Waals surface area contributed by atoms with Gasteiger partial charge in [0.15, 0.2) is 5.78 Å². The largest absolute Gasteiger partial charge is 0.491 e. The van der Waals surface area contributed by atoms with Crippen LogP contribution in [0.4, 0.5) is 0 Å². The lowest BCUT2D eigenvalue weighted by atomic mass is 10.0. The third kappa shape index (κ3) is 3.66. The van der Waals surface area contributed by atoms with Crippen LogP contribution in [-0.2, 0) is 0 Å². The topological polar surface area (TPSA) is 38.3 Å². The highest BCUT2D eigenvalue weighted by atomic mass is 35.5. The molecule has 1 atom stereocenters. The van der Waals surface area contributed by atoms with E-state index in [0.717, 1.165) is 19.4 Å².